The van der Waals surface area contributed by atoms with Gasteiger partial charge in [0.25, 0.3) is 11.8 Å². The second-order valence-electron chi connectivity index (χ2n) is 7.03. The monoisotopic (exact) mass is 442 g/mol. The summed E-state index contributed by atoms with van der Waals surface area (Å²) in [6, 6.07) is 22.0. The molecular weight excluding hydrogens is 423 g/mol. The zero-order chi connectivity index (χ0) is 23.0. The van der Waals surface area contributed by atoms with E-state index in [9.17, 15) is 14.0 Å². The van der Waals surface area contributed by atoms with E-state index in [4.69, 9.17) is 0 Å². The third kappa shape index (κ3) is 5.95. The Kier molecular flexibility index (Phi) is 6.60. The van der Waals surface area contributed by atoms with Crippen LogP contribution in [0.3, 0.4) is 0 Å². The van der Waals surface area contributed by atoms with Crippen molar-refractivity contribution in [3.63, 3.8) is 0 Å². The number of halogens is 1. The summed E-state index contributed by atoms with van der Waals surface area (Å²) in [5.74, 6) is -0.800. The van der Waals surface area contributed by atoms with Gasteiger partial charge < -0.3 is 0 Å². The summed E-state index contributed by atoms with van der Waals surface area (Å²) in [5, 5.41) is 12.5. The fourth-order valence-corrected chi connectivity index (χ4v) is 2.92. The van der Waals surface area contributed by atoms with Gasteiger partial charge in [0, 0.05) is 17.2 Å². The molecular formula is C24H19FN6O2. The van der Waals surface area contributed by atoms with E-state index in [1.807, 2.05) is 30.3 Å². The van der Waals surface area contributed by atoms with Crippen molar-refractivity contribution in [3.05, 3.63) is 107 Å². The Balaban J connectivity index is 1.29. The maximum absolute atomic E-state index is 12.9. The largest absolute Gasteiger partial charge is 0.269 e. The van der Waals surface area contributed by atoms with Gasteiger partial charge in [0.1, 0.15) is 5.82 Å². The topological polar surface area (TPSA) is 102 Å². The summed E-state index contributed by atoms with van der Waals surface area (Å²) in [5.41, 5.74) is 7.44. The molecule has 0 atom stereocenters. The van der Waals surface area contributed by atoms with Crippen molar-refractivity contribution >= 4 is 17.9 Å². The standard InChI is InChI=1S/C24H19FN6O2/c25-21-13-8-17(9-14-21)10-15-22(32)26-28-24(33)20-11-6-18(7-12-20)16-31-29-23(27-30-31)19-4-2-1-3-5-19/h1-15H,16H2,(H,26,32)(H,28,33)/b15-10+. The highest BCUT2D eigenvalue weighted by molar-refractivity contribution is 5.97. The number of amides is 2. The minimum atomic E-state index is -0.518. The van der Waals surface area contributed by atoms with Gasteiger partial charge >= 0.3 is 0 Å². The van der Waals surface area contributed by atoms with Crippen LogP contribution in [0.5, 0.6) is 0 Å². The highest BCUT2D eigenvalue weighted by atomic mass is 19.1. The van der Waals surface area contributed by atoms with Gasteiger partial charge in [-0.1, -0.05) is 54.6 Å². The lowest BCUT2D eigenvalue weighted by atomic mass is 10.1. The molecule has 1 aromatic heterocycles. The van der Waals surface area contributed by atoms with E-state index < -0.39 is 11.8 Å². The molecule has 0 saturated heterocycles. The molecule has 0 radical (unpaired) electrons. The second kappa shape index (κ2) is 10.1. The first-order valence-electron chi connectivity index (χ1n) is 10.0. The minimum Gasteiger partial charge on any atom is -0.268 e. The molecule has 0 aliphatic heterocycles. The molecule has 4 rings (SSSR count). The van der Waals surface area contributed by atoms with Gasteiger partial charge in [-0.2, -0.15) is 4.80 Å². The van der Waals surface area contributed by atoms with E-state index in [0.717, 1.165) is 11.1 Å². The van der Waals surface area contributed by atoms with Gasteiger partial charge in [-0.3, -0.25) is 20.4 Å². The zero-order valence-electron chi connectivity index (χ0n) is 17.4. The Bertz CT molecular complexity index is 1270. The average molecular weight is 442 g/mol. The van der Waals surface area contributed by atoms with Gasteiger partial charge in [0.05, 0.1) is 6.54 Å². The van der Waals surface area contributed by atoms with Crippen LogP contribution in [0.25, 0.3) is 17.5 Å². The number of carbonyl (C=O) groups is 2. The lowest BCUT2D eigenvalue weighted by Gasteiger charge is -2.06. The van der Waals surface area contributed by atoms with Crippen molar-refractivity contribution in [1.29, 1.82) is 0 Å². The van der Waals surface area contributed by atoms with E-state index in [-0.39, 0.29) is 5.82 Å². The second-order valence-corrected chi connectivity index (χ2v) is 7.03. The van der Waals surface area contributed by atoms with Crippen LogP contribution in [0, 0.1) is 5.82 Å². The van der Waals surface area contributed by atoms with Crippen molar-refractivity contribution in [2.24, 2.45) is 0 Å². The van der Waals surface area contributed by atoms with Crippen LogP contribution in [0.4, 0.5) is 4.39 Å². The van der Waals surface area contributed by atoms with Crippen LogP contribution < -0.4 is 10.9 Å². The number of nitrogens with zero attached hydrogens (tertiary/aromatic N) is 4. The molecule has 8 nitrogen and oxygen atoms in total. The molecule has 9 heteroatoms. The summed E-state index contributed by atoms with van der Waals surface area (Å²) < 4.78 is 12.9. The highest BCUT2D eigenvalue weighted by Gasteiger charge is 2.08. The summed E-state index contributed by atoms with van der Waals surface area (Å²) in [4.78, 5) is 25.6. The third-order valence-electron chi connectivity index (χ3n) is 4.62. The molecule has 33 heavy (non-hydrogen) atoms. The first-order chi connectivity index (χ1) is 16.1. The highest BCUT2D eigenvalue weighted by Crippen LogP contribution is 2.12. The first kappa shape index (κ1) is 21.6. The molecule has 164 valence electrons. The Morgan fingerprint density at radius 1 is 0.909 bits per heavy atom. The number of nitrogens with one attached hydrogen (secondary N) is 2. The van der Waals surface area contributed by atoms with Crippen LogP contribution in [0.1, 0.15) is 21.5 Å². The maximum Gasteiger partial charge on any atom is 0.269 e. The molecule has 0 aliphatic carbocycles. The average Bonchev–Trinajstić information content (AvgIpc) is 3.31. The Morgan fingerprint density at radius 2 is 1.64 bits per heavy atom. The van der Waals surface area contributed by atoms with E-state index in [1.54, 1.807) is 24.3 Å². The molecule has 0 aliphatic rings. The summed E-state index contributed by atoms with van der Waals surface area (Å²) in [6.45, 7) is 0.395. The van der Waals surface area contributed by atoms with E-state index >= 15 is 0 Å². The smallest absolute Gasteiger partial charge is 0.268 e. The first-order valence-corrected chi connectivity index (χ1v) is 10.0. The van der Waals surface area contributed by atoms with Crippen LogP contribution in [0.2, 0.25) is 0 Å². The Labute approximate surface area is 188 Å². The van der Waals surface area contributed by atoms with Gasteiger partial charge in [0.15, 0.2) is 0 Å². The molecule has 0 fully saturated rings. The van der Waals surface area contributed by atoms with Gasteiger partial charge in [0.2, 0.25) is 5.82 Å². The zero-order valence-corrected chi connectivity index (χ0v) is 17.4. The molecule has 0 saturated carbocycles. The molecule has 1 heterocycles. The normalized spacial score (nSPS) is 10.8. The molecule has 2 amide bonds. The number of hydrogen-bond donors (Lipinski definition) is 2. The molecule has 4 aromatic rings. The van der Waals surface area contributed by atoms with Gasteiger partial charge in [-0.25, -0.2) is 4.39 Å². The summed E-state index contributed by atoms with van der Waals surface area (Å²) >= 11 is 0. The van der Waals surface area contributed by atoms with E-state index in [1.165, 1.54) is 41.2 Å². The number of rotatable bonds is 6. The van der Waals surface area contributed by atoms with Crippen LogP contribution in [-0.2, 0) is 11.3 Å². The van der Waals surface area contributed by atoms with Crippen LogP contribution in [-0.4, -0.2) is 32.0 Å². The van der Waals surface area contributed by atoms with Crippen molar-refractivity contribution in [1.82, 2.24) is 31.1 Å². The van der Waals surface area contributed by atoms with Crippen molar-refractivity contribution in [2.75, 3.05) is 0 Å². The molecule has 0 spiro atoms. The number of hydrazine groups is 1. The number of carbonyl (C=O) groups excluding carboxylic acids is 2. The predicted octanol–water partition coefficient (Wildman–Crippen LogP) is 3.00. The molecule has 0 bridgehead atoms. The van der Waals surface area contributed by atoms with E-state index in [2.05, 4.69) is 26.3 Å². The van der Waals surface area contributed by atoms with Crippen LogP contribution >= 0.6 is 0 Å². The van der Waals surface area contributed by atoms with Crippen LogP contribution in [0.15, 0.2) is 84.9 Å². The minimum absolute atomic E-state index is 0.357. The summed E-state index contributed by atoms with van der Waals surface area (Å²) in [7, 11) is 0. The summed E-state index contributed by atoms with van der Waals surface area (Å²) in [6.07, 6.45) is 2.75. The lowest BCUT2D eigenvalue weighted by molar-refractivity contribution is -0.117. The molecule has 0 unspecified atom stereocenters. The number of hydrogen-bond acceptors (Lipinski definition) is 5. The van der Waals surface area contributed by atoms with Crippen molar-refractivity contribution < 1.29 is 14.0 Å². The predicted molar refractivity (Wildman–Crippen MR) is 120 cm³/mol. The Hall–Kier alpha value is -4.66. The third-order valence-corrected chi connectivity index (χ3v) is 4.62. The number of benzene rings is 3. The molecule has 2 N–H and O–H groups in total. The van der Waals surface area contributed by atoms with E-state index in [0.29, 0.717) is 23.5 Å². The fourth-order valence-electron chi connectivity index (χ4n) is 2.92. The quantitative estimate of drug-likeness (QED) is 0.353. The van der Waals surface area contributed by atoms with Crippen molar-refractivity contribution in [3.8, 4) is 11.4 Å². The fraction of sp³-hybridized carbons (Fsp3) is 0.0417. The van der Waals surface area contributed by atoms with Gasteiger partial charge in [-0.05, 0) is 46.7 Å². The number of tetrazole rings is 1. The lowest BCUT2D eigenvalue weighted by Crippen LogP contribution is -2.40. The number of aromatic nitrogens is 4. The Morgan fingerprint density at radius 3 is 2.36 bits per heavy atom. The SMILES string of the molecule is O=C(/C=C/c1ccc(F)cc1)NNC(=O)c1ccc(Cn2nnc(-c3ccccc3)n2)cc1. The van der Waals surface area contributed by atoms with Crippen molar-refractivity contribution in [2.45, 2.75) is 6.54 Å². The molecule has 3 aromatic carbocycles. The maximum atomic E-state index is 12.9. The van der Waals surface area contributed by atoms with Gasteiger partial charge in [-0.15, -0.1) is 10.2 Å².